The summed E-state index contributed by atoms with van der Waals surface area (Å²) in [7, 11) is 0. The zero-order valence-electron chi connectivity index (χ0n) is 43.3. The fourth-order valence-electron chi connectivity index (χ4n) is 8.68. The topological polar surface area (TPSA) is 38.9 Å². The van der Waals surface area contributed by atoms with Crippen LogP contribution >= 0.6 is 0 Å². The fourth-order valence-corrected chi connectivity index (χ4v) is 8.68. The molecule has 0 aliphatic carbocycles. The molecule has 0 unspecified atom stereocenters. The summed E-state index contributed by atoms with van der Waals surface area (Å²) in [6, 6.07) is 44.8. The van der Waals surface area contributed by atoms with Gasteiger partial charge < -0.3 is 14.4 Å². The van der Waals surface area contributed by atoms with Crippen LogP contribution in [0.5, 0.6) is 0 Å². The molecule has 0 atom stereocenters. The monoisotopic (exact) mass is 1040 g/mol. The molecule has 3 nitrogen and oxygen atoms in total. The van der Waals surface area contributed by atoms with Crippen molar-refractivity contribution in [2.24, 2.45) is 0 Å². The zero-order valence-corrected chi connectivity index (χ0v) is 42.7. The van der Waals surface area contributed by atoms with E-state index < -0.39 is 6.85 Å². The summed E-state index contributed by atoms with van der Waals surface area (Å²) in [5.74, 6) is 0.354. The largest absolute Gasteiger partial charge is 0.501 e. The van der Waals surface area contributed by atoms with Crippen molar-refractivity contribution in [2.75, 3.05) is 0 Å². The Kier molecular flexibility index (Phi) is 12.1. The Labute approximate surface area is 405 Å². The summed E-state index contributed by atoms with van der Waals surface area (Å²) in [6.45, 7) is 26.4. The van der Waals surface area contributed by atoms with Crippen LogP contribution in [0.2, 0.25) is 0 Å². The number of fused-ring (bicyclic) bond motifs is 6. The van der Waals surface area contributed by atoms with E-state index in [4.69, 9.17) is 13.5 Å². The predicted molar refractivity (Wildman–Crippen MR) is 274 cm³/mol. The van der Waals surface area contributed by atoms with Crippen molar-refractivity contribution in [1.82, 2.24) is 9.97 Å². The maximum Gasteiger partial charge on any atom is 0.121 e. The zero-order chi connectivity index (χ0) is 48.4. The van der Waals surface area contributed by atoms with Crippen LogP contribution in [0.15, 0.2) is 126 Å². The summed E-state index contributed by atoms with van der Waals surface area (Å²) >= 11 is 0. The van der Waals surface area contributed by atoms with Gasteiger partial charge in [-0.3, -0.25) is 0 Å². The van der Waals surface area contributed by atoms with Gasteiger partial charge in [-0.1, -0.05) is 149 Å². The first kappa shape index (κ1) is 43.5. The van der Waals surface area contributed by atoms with Gasteiger partial charge in [0.1, 0.15) is 5.58 Å². The van der Waals surface area contributed by atoms with Gasteiger partial charge in [0.05, 0.1) is 5.58 Å². The number of pyridine rings is 2. The van der Waals surface area contributed by atoms with Crippen molar-refractivity contribution in [3.8, 4) is 33.6 Å². The number of rotatable bonds is 5. The van der Waals surface area contributed by atoms with Crippen LogP contribution in [0.4, 0.5) is 0 Å². The second kappa shape index (κ2) is 18.1. The summed E-state index contributed by atoms with van der Waals surface area (Å²) in [6.07, 6.45) is 3.42. The molecule has 0 saturated heterocycles. The number of benzene rings is 6. The average Bonchev–Trinajstić information content (AvgIpc) is 3.64. The van der Waals surface area contributed by atoms with Gasteiger partial charge in [-0.2, -0.15) is 0 Å². The van der Waals surface area contributed by atoms with Crippen LogP contribution in [0, 0.1) is 19.0 Å². The predicted octanol–water partition coefficient (Wildman–Crippen LogP) is 17.4. The third-order valence-corrected chi connectivity index (χ3v) is 12.6. The molecule has 3 heterocycles. The van der Waals surface area contributed by atoms with Gasteiger partial charge in [0.15, 0.2) is 0 Å². The van der Waals surface area contributed by atoms with E-state index in [0.29, 0.717) is 16.8 Å². The Hall–Kier alpha value is -5.41. The smallest absolute Gasteiger partial charge is 0.121 e. The Morgan fingerprint density at radius 2 is 1.22 bits per heavy atom. The van der Waals surface area contributed by atoms with Gasteiger partial charge in [-0.05, 0) is 137 Å². The maximum absolute atomic E-state index is 8.58. The van der Waals surface area contributed by atoms with Gasteiger partial charge in [0.2, 0.25) is 0 Å². The molecule has 0 saturated carbocycles. The Morgan fingerprint density at radius 1 is 0.569 bits per heavy atom. The molecule has 3 aromatic heterocycles. The second-order valence-corrected chi connectivity index (χ2v) is 21.2. The molecule has 9 rings (SSSR count). The normalized spacial score (nSPS) is 13.2. The number of hydrogen-bond acceptors (Lipinski definition) is 3. The Morgan fingerprint density at radius 3 is 1.85 bits per heavy atom. The van der Waals surface area contributed by atoms with Crippen LogP contribution in [0.1, 0.15) is 139 Å². The Bertz CT molecular complexity index is 3260. The van der Waals surface area contributed by atoms with Gasteiger partial charge in [0.25, 0.3) is 0 Å². The van der Waals surface area contributed by atoms with Gasteiger partial charge in [0, 0.05) is 42.0 Å². The molecule has 0 N–H and O–H groups in total. The first-order valence-corrected chi connectivity index (χ1v) is 22.8. The number of hydrogen-bond donors (Lipinski definition) is 0. The molecular formula is C61H64IrN2O-2. The van der Waals surface area contributed by atoms with E-state index in [9.17, 15) is 0 Å². The summed E-state index contributed by atoms with van der Waals surface area (Å²) in [4.78, 5) is 9.20. The van der Waals surface area contributed by atoms with Crippen LogP contribution in [0.3, 0.4) is 0 Å². The summed E-state index contributed by atoms with van der Waals surface area (Å²) < 4.78 is 32.5. The van der Waals surface area contributed by atoms with Gasteiger partial charge in [-0.25, -0.2) is 0 Å². The molecule has 65 heavy (non-hydrogen) atoms. The Balaban J connectivity index is 0.000000340. The molecule has 0 aliphatic rings. The van der Waals surface area contributed by atoms with Crippen molar-refractivity contribution in [2.45, 2.75) is 125 Å². The average molecular weight is 1040 g/mol. The first-order valence-electron chi connectivity index (χ1n) is 24.3. The second-order valence-electron chi connectivity index (χ2n) is 21.2. The van der Waals surface area contributed by atoms with E-state index in [-0.39, 0.29) is 53.7 Å². The van der Waals surface area contributed by atoms with E-state index in [1.807, 2.05) is 48.7 Å². The van der Waals surface area contributed by atoms with Crippen LogP contribution in [0.25, 0.3) is 77.1 Å². The van der Waals surface area contributed by atoms with Crippen LogP contribution < -0.4 is 0 Å². The van der Waals surface area contributed by atoms with Crippen molar-refractivity contribution in [3.05, 3.63) is 167 Å². The van der Waals surface area contributed by atoms with Crippen molar-refractivity contribution < 1.29 is 28.6 Å². The minimum absolute atomic E-state index is 0. The third kappa shape index (κ3) is 9.63. The molecule has 335 valence electrons. The number of furan rings is 1. The van der Waals surface area contributed by atoms with E-state index in [2.05, 4.69) is 174 Å². The maximum atomic E-state index is 8.58. The van der Waals surface area contributed by atoms with Crippen molar-refractivity contribution >= 4 is 43.5 Å². The quantitative estimate of drug-likeness (QED) is 0.127. The van der Waals surface area contributed by atoms with E-state index in [1.165, 1.54) is 27.5 Å². The molecular weight excluding hydrogens is 969 g/mol. The third-order valence-electron chi connectivity index (χ3n) is 12.6. The number of aromatic nitrogens is 2. The van der Waals surface area contributed by atoms with E-state index in [0.717, 1.165) is 60.6 Å². The molecule has 0 spiro atoms. The van der Waals surface area contributed by atoms with Gasteiger partial charge in [-0.15, -0.1) is 54.1 Å². The van der Waals surface area contributed by atoms with Crippen molar-refractivity contribution in [1.29, 1.82) is 0 Å². The molecule has 0 aliphatic heterocycles. The molecule has 6 aromatic carbocycles. The molecule has 0 amide bonds. The van der Waals surface area contributed by atoms with Gasteiger partial charge >= 0.3 is 0 Å². The molecule has 0 fully saturated rings. The summed E-state index contributed by atoms with van der Waals surface area (Å²) in [5, 5.41) is 6.72. The minimum atomic E-state index is -2.35. The standard InChI is InChI=1S/C46H48NO.C15H16N.Ir/c1-26(2)35-21-32(46(9,10)11)22-36(27(3)4)43(35)37-23-41(47-25-28(37)5)34-14-12-13-33-40-19-30-16-15-29-17-18-31(45(6,7)8)20-38(29)39(30)24-42(40)48-44(33)34;1-15(2,3)13-9-10-16-14(11-13)12-7-5-4-6-8-12;/h12-13,15-27H,1-11H3;4-7,9-11H,1-3H3;/q2*-1;/i5D3;;. The van der Waals surface area contributed by atoms with E-state index in [1.54, 1.807) is 6.20 Å². The molecule has 1 radical (unpaired) electrons. The molecule has 4 heteroatoms. The van der Waals surface area contributed by atoms with Crippen LogP contribution in [-0.2, 0) is 36.4 Å². The molecule has 9 aromatic rings. The number of aryl methyl sites for hydroxylation is 1. The number of nitrogens with zero attached hydrogens (tertiary/aromatic N) is 2. The SMILES string of the molecule is CC(C)(C)c1ccnc(-c2[c-]cccc2)c1.[2H]C([2H])([2H])c1cnc(-c2[c-]ccc3c2oc2cc4c(ccc5ccc(C(C)(C)C)cc54)cc23)cc1-c1c(C(C)C)cc(C(C)(C)C)cc1C(C)C.[Ir]. The first-order chi connectivity index (χ1) is 31.4. The molecule has 0 bridgehead atoms. The van der Waals surface area contributed by atoms with Crippen molar-refractivity contribution in [3.63, 3.8) is 0 Å². The summed E-state index contributed by atoms with van der Waals surface area (Å²) in [5.41, 5.74) is 13.1. The van der Waals surface area contributed by atoms with Crippen LogP contribution in [-0.4, -0.2) is 9.97 Å². The van der Waals surface area contributed by atoms with E-state index >= 15 is 0 Å². The minimum Gasteiger partial charge on any atom is -0.501 e. The fraction of sp³-hybridized carbons (Fsp3) is 0.311.